The minimum absolute atomic E-state index is 0.215. The maximum Gasteiger partial charge on any atom is 0.278 e. The van der Waals surface area contributed by atoms with Crippen LogP contribution in [-0.2, 0) is 13.0 Å². The molecule has 4 aromatic rings. The first-order valence-electron chi connectivity index (χ1n) is 14.6. The Morgan fingerprint density at radius 2 is 1.95 bits per heavy atom. The second-order valence-electron chi connectivity index (χ2n) is 11.6. The van der Waals surface area contributed by atoms with Crippen LogP contribution < -0.4 is 21.1 Å². The molecule has 10 nitrogen and oxygen atoms in total. The summed E-state index contributed by atoms with van der Waals surface area (Å²) in [6.07, 6.45) is 8.89. The van der Waals surface area contributed by atoms with Crippen molar-refractivity contribution in [3.8, 4) is 5.82 Å². The molecule has 7 rings (SSSR count). The van der Waals surface area contributed by atoms with Gasteiger partial charge in [0.25, 0.3) is 5.56 Å². The number of hydrogen-bond donors (Lipinski definition) is 3. The number of aliphatic hydroxyl groups is 1. The fourth-order valence-electron chi connectivity index (χ4n) is 6.69. The summed E-state index contributed by atoms with van der Waals surface area (Å²) in [7, 11) is 0. The van der Waals surface area contributed by atoms with Gasteiger partial charge in [-0.1, -0.05) is 12.1 Å². The highest BCUT2D eigenvalue weighted by molar-refractivity contribution is 5.77. The van der Waals surface area contributed by atoms with E-state index in [0.717, 1.165) is 50.3 Å². The third-order valence-corrected chi connectivity index (χ3v) is 9.08. The van der Waals surface area contributed by atoms with E-state index in [1.54, 1.807) is 21.6 Å². The standard InChI is InChI=1S/C31H36N8O2/c1-2-16-38-29(41)24-19-33-30(36-28(24)39(38)26-11-6-21-4-3-5-25(40)27(21)35-26)34-22-7-9-23(10-8-22)37-17-13-31(14-18-37)12-15-32-20-31/h2,6-11,19,25,32,40H,1,3-5,12-18,20H2,(H,33,34,36). The highest BCUT2D eigenvalue weighted by atomic mass is 16.3. The number of aliphatic hydroxyl groups excluding tert-OH is 1. The van der Waals surface area contributed by atoms with E-state index in [0.29, 0.717) is 40.3 Å². The third-order valence-electron chi connectivity index (χ3n) is 9.08. The number of aryl methyl sites for hydroxylation is 1. The molecule has 2 fully saturated rings. The van der Waals surface area contributed by atoms with Crippen molar-refractivity contribution in [3.05, 3.63) is 76.9 Å². The fourth-order valence-corrected chi connectivity index (χ4v) is 6.69. The lowest BCUT2D eigenvalue weighted by atomic mass is 9.78. The minimum atomic E-state index is -0.610. The molecule has 0 radical (unpaired) electrons. The first kappa shape index (κ1) is 25.9. The minimum Gasteiger partial charge on any atom is -0.387 e. The highest BCUT2D eigenvalue weighted by Gasteiger charge is 2.37. The Balaban J connectivity index is 1.17. The van der Waals surface area contributed by atoms with Crippen LogP contribution in [0, 0.1) is 5.41 Å². The normalized spacial score (nSPS) is 19.9. The summed E-state index contributed by atoms with van der Waals surface area (Å²) >= 11 is 0. The molecule has 1 unspecified atom stereocenters. The highest BCUT2D eigenvalue weighted by Crippen LogP contribution is 2.38. The van der Waals surface area contributed by atoms with E-state index < -0.39 is 6.10 Å². The van der Waals surface area contributed by atoms with Gasteiger partial charge >= 0.3 is 0 Å². The number of nitrogens with one attached hydrogen (secondary N) is 2. The lowest BCUT2D eigenvalue weighted by molar-refractivity contribution is 0.151. The Morgan fingerprint density at radius 3 is 2.71 bits per heavy atom. The average molecular weight is 553 g/mol. The van der Waals surface area contributed by atoms with Gasteiger partial charge in [0.1, 0.15) is 5.39 Å². The molecule has 3 aliphatic rings. The van der Waals surface area contributed by atoms with Gasteiger partial charge in [0.2, 0.25) is 5.95 Å². The number of piperidine rings is 1. The number of benzene rings is 1. The zero-order chi connectivity index (χ0) is 28.0. The van der Waals surface area contributed by atoms with Gasteiger partial charge in [-0.05, 0) is 86.4 Å². The Bertz CT molecular complexity index is 1640. The van der Waals surface area contributed by atoms with Gasteiger partial charge in [-0.2, -0.15) is 4.98 Å². The molecule has 1 spiro atoms. The summed E-state index contributed by atoms with van der Waals surface area (Å²) < 4.78 is 3.26. The predicted octanol–water partition coefficient (Wildman–Crippen LogP) is 3.86. The first-order chi connectivity index (χ1) is 20.0. The zero-order valence-corrected chi connectivity index (χ0v) is 23.2. The van der Waals surface area contributed by atoms with Crippen LogP contribution in [0.2, 0.25) is 0 Å². The van der Waals surface area contributed by atoms with E-state index in [9.17, 15) is 9.90 Å². The maximum absolute atomic E-state index is 13.3. The molecule has 0 bridgehead atoms. The molecule has 2 saturated heterocycles. The smallest absolute Gasteiger partial charge is 0.278 e. The van der Waals surface area contributed by atoms with E-state index in [1.165, 1.54) is 24.9 Å². The summed E-state index contributed by atoms with van der Waals surface area (Å²) in [5.74, 6) is 0.922. The fraction of sp³-hybridized carbons (Fsp3) is 0.419. The Kier molecular flexibility index (Phi) is 6.59. The van der Waals surface area contributed by atoms with Gasteiger partial charge in [-0.25, -0.2) is 19.3 Å². The van der Waals surface area contributed by atoms with Gasteiger partial charge < -0.3 is 20.6 Å². The molecule has 3 aromatic heterocycles. The van der Waals surface area contributed by atoms with E-state index in [2.05, 4.69) is 39.2 Å². The lowest BCUT2D eigenvalue weighted by Crippen LogP contribution is -2.41. The summed E-state index contributed by atoms with van der Waals surface area (Å²) in [4.78, 5) is 29.8. The number of aromatic nitrogens is 5. The zero-order valence-electron chi connectivity index (χ0n) is 23.2. The van der Waals surface area contributed by atoms with Crippen molar-refractivity contribution in [1.82, 2.24) is 29.6 Å². The molecule has 0 amide bonds. The summed E-state index contributed by atoms with van der Waals surface area (Å²) in [6.45, 7) is 8.59. The molecule has 1 atom stereocenters. The molecule has 1 aromatic carbocycles. The van der Waals surface area contributed by atoms with Crippen LogP contribution in [-0.4, -0.2) is 55.6 Å². The van der Waals surface area contributed by atoms with Crippen molar-refractivity contribution in [1.29, 1.82) is 0 Å². The van der Waals surface area contributed by atoms with Crippen molar-refractivity contribution in [2.75, 3.05) is 36.4 Å². The summed E-state index contributed by atoms with van der Waals surface area (Å²) in [6, 6.07) is 12.3. The second-order valence-corrected chi connectivity index (χ2v) is 11.6. The number of rotatable bonds is 6. The van der Waals surface area contributed by atoms with Gasteiger partial charge in [0.05, 0.1) is 18.3 Å². The molecular formula is C31H36N8O2. The van der Waals surface area contributed by atoms with Gasteiger partial charge in [-0.3, -0.25) is 4.79 Å². The van der Waals surface area contributed by atoms with Crippen molar-refractivity contribution in [2.24, 2.45) is 5.41 Å². The van der Waals surface area contributed by atoms with Crippen molar-refractivity contribution >= 4 is 28.4 Å². The van der Waals surface area contributed by atoms with Gasteiger partial charge in [-0.15, -0.1) is 6.58 Å². The van der Waals surface area contributed by atoms with Crippen LogP contribution >= 0.6 is 0 Å². The second kappa shape index (κ2) is 10.4. The Morgan fingerprint density at radius 1 is 1.12 bits per heavy atom. The number of anilines is 3. The molecule has 1 aliphatic carbocycles. The number of hydrogen-bond acceptors (Lipinski definition) is 8. The number of pyridine rings is 1. The van der Waals surface area contributed by atoms with Crippen LogP contribution in [0.15, 0.2) is 60.0 Å². The van der Waals surface area contributed by atoms with Gasteiger partial charge in [0, 0.05) is 37.2 Å². The number of allylic oxidation sites excluding steroid dienone is 1. The number of fused-ring (bicyclic) bond motifs is 2. The molecule has 2 aliphatic heterocycles. The molecule has 3 N–H and O–H groups in total. The molecular weight excluding hydrogens is 516 g/mol. The summed E-state index contributed by atoms with van der Waals surface area (Å²) in [5.41, 5.74) is 4.54. The topological polar surface area (TPSA) is 113 Å². The van der Waals surface area contributed by atoms with E-state index in [-0.39, 0.29) is 12.1 Å². The van der Waals surface area contributed by atoms with Crippen molar-refractivity contribution in [3.63, 3.8) is 0 Å². The van der Waals surface area contributed by atoms with E-state index >= 15 is 0 Å². The summed E-state index contributed by atoms with van der Waals surface area (Å²) in [5, 5.41) is 17.8. The lowest BCUT2D eigenvalue weighted by Gasteiger charge is -2.40. The SMILES string of the molecule is C=CCn1c(=O)c2cnc(Nc3ccc(N4CCC5(CCNC5)CC4)cc3)nc2n1-c1ccc2c(n1)C(O)CCC2. The maximum atomic E-state index is 13.3. The van der Waals surface area contributed by atoms with Gasteiger partial charge in [0.15, 0.2) is 11.5 Å². The molecule has 5 heterocycles. The Hall–Kier alpha value is -4.02. The molecule has 0 saturated carbocycles. The predicted molar refractivity (Wildman–Crippen MR) is 160 cm³/mol. The molecule has 212 valence electrons. The van der Waals surface area contributed by atoms with Crippen LogP contribution in [0.25, 0.3) is 16.9 Å². The van der Waals surface area contributed by atoms with Crippen LogP contribution in [0.3, 0.4) is 0 Å². The average Bonchev–Trinajstić information content (AvgIpc) is 3.56. The monoisotopic (exact) mass is 552 g/mol. The van der Waals surface area contributed by atoms with Crippen molar-refractivity contribution in [2.45, 2.75) is 51.2 Å². The van der Waals surface area contributed by atoms with E-state index in [1.807, 2.05) is 24.3 Å². The number of nitrogens with zero attached hydrogens (tertiary/aromatic N) is 6. The largest absolute Gasteiger partial charge is 0.387 e. The van der Waals surface area contributed by atoms with E-state index in [4.69, 9.17) is 9.97 Å². The Labute approximate surface area is 238 Å². The molecule has 10 heteroatoms. The quantitative estimate of drug-likeness (QED) is 0.309. The first-order valence-corrected chi connectivity index (χ1v) is 14.6. The van der Waals surface area contributed by atoms with Crippen molar-refractivity contribution < 1.29 is 5.11 Å². The van der Waals surface area contributed by atoms with Crippen LogP contribution in [0.4, 0.5) is 17.3 Å². The van der Waals surface area contributed by atoms with Crippen LogP contribution in [0.1, 0.15) is 49.5 Å². The third kappa shape index (κ3) is 4.70. The van der Waals surface area contributed by atoms with Crippen LogP contribution in [0.5, 0.6) is 0 Å². The molecule has 41 heavy (non-hydrogen) atoms.